The van der Waals surface area contributed by atoms with Crippen LogP contribution in [0.4, 0.5) is 0 Å². The summed E-state index contributed by atoms with van der Waals surface area (Å²) in [5.41, 5.74) is 0. The Morgan fingerprint density at radius 1 is 1.19 bits per heavy atom. The van der Waals surface area contributed by atoms with E-state index >= 15 is 0 Å². The van der Waals surface area contributed by atoms with Crippen LogP contribution in [0.3, 0.4) is 0 Å². The molecule has 0 aromatic carbocycles. The second kappa shape index (κ2) is 13.0. The van der Waals surface area contributed by atoms with Crippen LogP contribution >= 0.6 is 0 Å². The molecule has 5 nitrogen and oxygen atoms in total. The van der Waals surface area contributed by atoms with Crippen LogP contribution in [0.5, 0.6) is 0 Å². The van der Waals surface area contributed by atoms with Gasteiger partial charge < -0.3 is 15.3 Å². The van der Waals surface area contributed by atoms with Crippen LogP contribution in [0.1, 0.15) is 84.0 Å². The van der Waals surface area contributed by atoms with Crippen LogP contribution in [-0.2, 0) is 9.59 Å². The maximum Gasteiger partial charge on any atom is 0.221 e. The Labute approximate surface area is 157 Å². The number of carbonyl (C=O) groups is 2. The van der Waals surface area contributed by atoms with Crippen molar-refractivity contribution in [1.29, 1.82) is 0 Å². The molecular weight excluding hydrogens is 332 g/mol. The molecule has 0 heterocycles. The van der Waals surface area contributed by atoms with Gasteiger partial charge >= 0.3 is 0 Å². The molecule has 0 bridgehead atoms. The minimum atomic E-state index is -0.673. The smallest absolute Gasteiger partial charge is 0.221 e. The zero-order valence-corrected chi connectivity index (χ0v) is 16.2. The van der Waals surface area contributed by atoms with E-state index in [4.69, 9.17) is 5.11 Å². The van der Waals surface area contributed by atoms with Gasteiger partial charge in [0.05, 0.1) is 6.10 Å². The Balaban J connectivity index is 2.26. The van der Waals surface area contributed by atoms with Crippen LogP contribution in [0.2, 0.25) is 0 Å². The van der Waals surface area contributed by atoms with Gasteiger partial charge in [-0.25, -0.2) is 0 Å². The van der Waals surface area contributed by atoms with Crippen molar-refractivity contribution in [2.24, 2.45) is 11.8 Å². The van der Waals surface area contributed by atoms with Gasteiger partial charge in [0.25, 0.3) is 0 Å². The molecule has 0 saturated heterocycles. The highest BCUT2D eigenvalue weighted by molar-refractivity contribution is 5.93. The van der Waals surface area contributed by atoms with Crippen molar-refractivity contribution >= 4 is 11.6 Å². The third-order valence-electron chi connectivity index (χ3n) is 5.48. The molecule has 1 rings (SSSR count). The molecule has 150 valence electrons. The van der Waals surface area contributed by atoms with Gasteiger partial charge in [-0.3, -0.25) is 9.59 Å². The van der Waals surface area contributed by atoms with Crippen molar-refractivity contribution in [3.63, 3.8) is 0 Å². The SMILES string of the molecule is CCCC[C@H](O)CCC[C@H]1CCC(=O)[C@@H]1CCCCC=C(O)C(=O)CO. The molecule has 0 spiro atoms. The van der Waals surface area contributed by atoms with E-state index < -0.39 is 12.4 Å². The predicted octanol–water partition coefficient (Wildman–Crippen LogP) is 3.87. The number of rotatable bonds is 14. The number of allylic oxidation sites excluding steroid dienone is 1. The Kier molecular flexibility index (Phi) is 11.5. The molecule has 1 aliphatic rings. The van der Waals surface area contributed by atoms with Crippen molar-refractivity contribution in [2.45, 2.75) is 90.1 Å². The summed E-state index contributed by atoms with van der Waals surface area (Å²) in [4.78, 5) is 23.2. The summed E-state index contributed by atoms with van der Waals surface area (Å²) in [6.07, 6.45) is 11.9. The van der Waals surface area contributed by atoms with E-state index in [1.807, 2.05) is 0 Å². The summed E-state index contributed by atoms with van der Waals surface area (Å²) in [5.74, 6) is -0.0725. The van der Waals surface area contributed by atoms with E-state index in [-0.39, 0.29) is 17.8 Å². The fourth-order valence-electron chi connectivity index (χ4n) is 3.86. The molecule has 0 radical (unpaired) electrons. The molecule has 0 aliphatic heterocycles. The monoisotopic (exact) mass is 368 g/mol. The summed E-state index contributed by atoms with van der Waals surface area (Å²) in [6, 6.07) is 0. The third-order valence-corrected chi connectivity index (χ3v) is 5.48. The number of unbranched alkanes of at least 4 members (excludes halogenated alkanes) is 3. The normalized spacial score (nSPS) is 22.0. The lowest BCUT2D eigenvalue weighted by molar-refractivity contribution is -0.121. The maximum absolute atomic E-state index is 12.1. The number of aliphatic hydroxyl groups excluding tert-OH is 3. The van der Waals surface area contributed by atoms with E-state index in [1.165, 1.54) is 6.08 Å². The number of ketones is 2. The largest absolute Gasteiger partial charge is 0.505 e. The van der Waals surface area contributed by atoms with Crippen LogP contribution in [0, 0.1) is 11.8 Å². The first-order valence-electron chi connectivity index (χ1n) is 10.2. The van der Waals surface area contributed by atoms with E-state index in [2.05, 4.69) is 6.92 Å². The molecule has 3 atom stereocenters. The van der Waals surface area contributed by atoms with Gasteiger partial charge in [-0.1, -0.05) is 32.6 Å². The highest BCUT2D eigenvalue weighted by atomic mass is 16.3. The molecule has 1 fully saturated rings. The number of carbonyl (C=O) groups excluding carboxylic acids is 2. The standard InChI is InChI=1S/C21H36O5/c1-2-3-9-17(23)10-7-8-16-13-14-19(24)18(16)11-5-4-6-12-20(25)21(26)15-22/h12,16-18,22-23,25H,2-11,13-15H2,1H3/t16-,17-,18+/m0/s1. The van der Waals surface area contributed by atoms with Gasteiger partial charge in [-0.05, 0) is 56.9 Å². The van der Waals surface area contributed by atoms with Gasteiger partial charge in [-0.2, -0.15) is 0 Å². The molecule has 0 amide bonds. The fourth-order valence-corrected chi connectivity index (χ4v) is 3.86. The van der Waals surface area contributed by atoms with Gasteiger partial charge in [-0.15, -0.1) is 0 Å². The molecule has 0 aromatic heterocycles. The van der Waals surface area contributed by atoms with E-state index in [1.54, 1.807) is 0 Å². The molecule has 1 aliphatic carbocycles. The highest BCUT2D eigenvalue weighted by Gasteiger charge is 2.33. The average molecular weight is 369 g/mol. The van der Waals surface area contributed by atoms with Gasteiger partial charge in [0.2, 0.25) is 5.78 Å². The van der Waals surface area contributed by atoms with Crippen molar-refractivity contribution < 1.29 is 24.9 Å². The lowest BCUT2D eigenvalue weighted by Crippen LogP contribution is -2.16. The zero-order valence-electron chi connectivity index (χ0n) is 16.2. The zero-order chi connectivity index (χ0) is 19.4. The lowest BCUT2D eigenvalue weighted by atomic mass is 9.86. The van der Waals surface area contributed by atoms with Gasteiger partial charge in [0.1, 0.15) is 12.4 Å². The minimum Gasteiger partial charge on any atom is -0.505 e. The summed E-state index contributed by atoms with van der Waals surface area (Å²) in [6.45, 7) is 1.46. The summed E-state index contributed by atoms with van der Waals surface area (Å²) in [5, 5.41) is 28.0. The van der Waals surface area contributed by atoms with Gasteiger partial charge in [0, 0.05) is 12.3 Å². The van der Waals surface area contributed by atoms with E-state index in [0.717, 1.165) is 64.2 Å². The second-order valence-corrected chi connectivity index (χ2v) is 7.55. The Bertz CT molecular complexity index is 457. The first-order chi connectivity index (χ1) is 12.5. The summed E-state index contributed by atoms with van der Waals surface area (Å²) < 4.78 is 0. The third kappa shape index (κ3) is 8.45. The number of hydrogen-bond acceptors (Lipinski definition) is 5. The Morgan fingerprint density at radius 3 is 2.62 bits per heavy atom. The lowest BCUT2D eigenvalue weighted by Gasteiger charge is -2.19. The van der Waals surface area contributed by atoms with Crippen LogP contribution < -0.4 is 0 Å². The molecule has 5 heteroatoms. The topological polar surface area (TPSA) is 94.8 Å². The van der Waals surface area contributed by atoms with Crippen molar-refractivity contribution in [1.82, 2.24) is 0 Å². The van der Waals surface area contributed by atoms with Gasteiger partial charge in [0.15, 0.2) is 5.76 Å². The second-order valence-electron chi connectivity index (χ2n) is 7.55. The Hall–Kier alpha value is -1.20. The fraction of sp³-hybridized carbons (Fsp3) is 0.810. The number of aliphatic hydroxyl groups is 3. The Morgan fingerprint density at radius 2 is 1.92 bits per heavy atom. The average Bonchev–Trinajstić information content (AvgIpc) is 2.98. The number of hydrogen-bond donors (Lipinski definition) is 3. The quantitative estimate of drug-likeness (QED) is 0.246. The number of Topliss-reactive ketones (excluding diaryl/α,β-unsaturated/α-hetero) is 2. The summed E-state index contributed by atoms with van der Waals surface area (Å²) in [7, 11) is 0. The highest BCUT2D eigenvalue weighted by Crippen LogP contribution is 2.36. The molecule has 1 saturated carbocycles. The molecule has 0 aromatic rings. The van der Waals surface area contributed by atoms with E-state index in [0.29, 0.717) is 24.5 Å². The van der Waals surface area contributed by atoms with Crippen molar-refractivity contribution in [2.75, 3.05) is 6.61 Å². The first-order valence-corrected chi connectivity index (χ1v) is 10.2. The molecule has 3 N–H and O–H groups in total. The molecule has 0 unspecified atom stereocenters. The maximum atomic E-state index is 12.1. The van der Waals surface area contributed by atoms with E-state index in [9.17, 15) is 19.8 Å². The van der Waals surface area contributed by atoms with Crippen LogP contribution in [0.25, 0.3) is 0 Å². The summed E-state index contributed by atoms with van der Waals surface area (Å²) >= 11 is 0. The van der Waals surface area contributed by atoms with Crippen molar-refractivity contribution in [3.05, 3.63) is 11.8 Å². The molecule has 26 heavy (non-hydrogen) atoms. The van der Waals surface area contributed by atoms with Crippen LogP contribution in [0.15, 0.2) is 11.8 Å². The van der Waals surface area contributed by atoms with Crippen LogP contribution in [-0.4, -0.2) is 39.6 Å². The molecular formula is C21H36O5. The minimum absolute atomic E-state index is 0.138. The van der Waals surface area contributed by atoms with Crippen molar-refractivity contribution in [3.8, 4) is 0 Å². The predicted molar refractivity (Wildman–Crippen MR) is 102 cm³/mol. The first kappa shape index (κ1) is 22.8.